The molecule has 1 aliphatic rings. The number of nitrogens with zero attached hydrogens (tertiary/aromatic N) is 2. The first-order valence-electron chi connectivity index (χ1n) is 8.11. The second kappa shape index (κ2) is 7.41. The van der Waals surface area contributed by atoms with E-state index >= 15 is 0 Å². The third-order valence-electron chi connectivity index (χ3n) is 4.35. The summed E-state index contributed by atoms with van der Waals surface area (Å²) in [5.41, 5.74) is 1.38. The fraction of sp³-hybridized carbons (Fsp3) is 0.278. The molecule has 0 aromatic heterocycles. The summed E-state index contributed by atoms with van der Waals surface area (Å²) in [5, 5.41) is 0. The first-order chi connectivity index (χ1) is 12.4. The van der Waals surface area contributed by atoms with Gasteiger partial charge in [-0.3, -0.25) is 4.79 Å². The van der Waals surface area contributed by atoms with E-state index in [1.807, 2.05) is 30.3 Å². The van der Waals surface area contributed by atoms with Crippen LogP contribution in [0, 0.1) is 0 Å². The first kappa shape index (κ1) is 18.3. The topological polar surface area (TPSA) is 57.7 Å². The van der Waals surface area contributed by atoms with Crippen molar-refractivity contribution >= 4 is 21.4 Å². The van der Waals surface area contributed by atoms with Gasteiger partial charge >= 0.3 is 5.76 Å². The van der Waals surface area contributed by atoms with Crippen LogP contribution >= 0.6 is 0 Å². The number of halogens is 2. The average Bonchev–Trinajstić information content (AvgIpc) is 2.68. The quantitative estimate of drug-likeness (QED) is 0.818. The van der Waals surface area contributed by atoms with Crippen molar-refractivity contribution in [2.75, 3.05) is 31.1 Å². The summed E-state index contributed by atoms with van der Waals surface area (Å²) in [5.74, 6) is -3.71. The summed E-state index contributed by atoms with van der Waals surface area (Å²) in [6, 6.07) is 14.6. The highest BCUT2D eigenvalue weighted by molar-refractivity contribution is 7.91. The van der Waals surface area contributed by atoms with Crippen molar-refractivity contribution in [1.82, 2.24) is 4.90 Å². The number of rotatable bonds is 4. The zero-order valence-corrected chi connectivity index (χ0v) is 14.7. The van der Waals surface area contributed by atoms with Crippen LogP contribution in [0.25, 0.3) is 0 Å². The van der Waals surface area contributed by atoms with E-state index in [1.54, 1.807) is 4.90 Å². The molecular weight excluding hydrogens is 362 g/mol. The summed E-state index contributed by atoms with van der Waals surface area (Å²) in [6.07, 6.45) is 0. The molecule has 0 N–H and O–H groups in total. The molecule has 1 amide bonds. The molecule has 26 heavy (non-hydrogen) atoms. The molecule has 0 atom stereocenters. The van der Waals surface area contributed by atoms with Crippen LogP contribution in [-0.2, 0) is 9.84 Å². The third-order valence-corrected chi connectivity index (χ3v) is 5.75. The zero-order chi connectivity index (χ0) is 18.7. The predicted molar refractivity (Wildman–Crippen MR) is 94.2 cm³/mol. The molecule has 3 rings (SSSR count). The highest BCUT2D eigenvalue weighted by Crippen LogP contribution is 2.20. The number of hydrogen-bond donors (Lipinski definition) is 0. The lowest BCUT2D eigenvalue weighted by molar-refractivity contribution is 0.0746. The van der Waals surface area contributed by atoms with E-state index in [2.05, 4.69) is 4.90 Å². The predicted octanol–water partition coefficient (Wildman–Crippen LogP) is 2.65. The molecule has 0 bridgehead atoms. The number of para-hydroxylation sites is 1. The Labute approximate surface area is 150 Å². The van der Waals surface area contributed by atoms with Crippen molar-refractivity contribution in [2.45, 2.75) is 10.7 Å². The fourth-order valence-corrected chi connectivity index (χ4v) is 3.60. The molecular formula is C18H18F2N2O3S. The minimum Gasteiger partial charge on any atom is -0.368 e. The summed E-state index contributed by atoms with van der Waals surface area (Å²) in [7, 11) is -4.65. The van der Waals surface area contributed by atoms with Gasteiger partial charge in [0, 0.05) is 37.4 Å². The van der Waals surface area contributed by atoms with Gasteiger partial charge in [-0.25, -0.2) is 8.42 Å². The maximum atomic E-state index is 12.6. The monoisotopic (exact) mass is 380 g/mol. The molecule has 0 radical (unpaired) electrons. The number of alkyl halides is 2. The summed E-state index contributed by atoms with van der Waals surface area (Å²) >= 11 is 0. The largest absolute Gasteiger partial charge is 0.368 e. The van der Waals surface area contributed by atoms with E-state index in [4.69, 9.17) is 0 Å². The van der Waals surface area contributed by atoms with Crippen molar-refractivity contribution < 1.29 is 22.0 Å². The highest BCUT2D eigenvalue weighted by atomic mass is 32.2. The van der Waals surface area contributed by atoms with Crippen LogP contribution in [0.3, 0.4) is 0 Å². The molecule has 1 fully saturated rings. The van der Waals surface area contributed by atoms with Crippen LogP contribution in [0.15, 0.2) is 59.5 Å². The molecule has 1 aliphatic heterocycles. The van der Waals surface area contributed by atoms with Crippen molar-refractivity contribution in [3.63, 3.8) is 0 Å². The van der Waals surface area contributed by atoms with Gasteiger partial charge in [0.05, 0.1) is 4.90 Å². The van der Waals surface area contributed by atoms with Gasteiger partial charge in [-0.05, 0) is 36.4 Å². The number of amides is 1. The SMILES string of the molecule is O=C(c1ccc(S(=O)(=O)C(F)F)cc1)N1CCN(c2ccccc2)CC1. The molecule has 0 unspecified atom stereocenters. The molecule has 5 nitrogen and oxygen atoms in total. The standard InChI is InChI=1S/C18H18F2N2O3S/c19-18(20)26(24,25)16-8-6-14(7-9-16)17(23)22-12-10-21(11-13-22)15-4-2-1-3-5-15/h1-9,18H,10-13H2. The van der Waals surface area contributed by atoms with E-state index in [9.17, 15) is 22.0 Å². The Balaban J connectivity index is 1.66. The molecule has 1 heterocycles. The second-order valence-corrected chi connectivity index (χ2v) is 7.86. The van der Waals surface area contributed by atoms with Gasteiger partial charge in [-0.2, -0.15) is 8.78 Å². The summed E-state index contributed by atoms with van der Waals surface area (Å²) in [6.45, 7) is 2.44. The van der Waals surface area contributed by atoms with Crippen molar-refractivity contribution in [2.24, 2.45) is 0 Å². The van der Waals surface area contributed by atoms with Crippen LogP contribution in [0.4, 0.5) is 14.5 Å². The Morgan fingerprint density at radius 1 is 0.885 bits per heavy atom. The van der Waals surface area contributed by atoms with Crippen molar-refractivity contribution in [3.05, 3.63) is 60.2 Å². The fourth-order valence-electron chi connectivity index (χ4n) is 2.88. The van der Waals surface area contributed by atoms with Gasteiger partial charge in [0.25, 0.3) is 5.91 Å². The molecule has 0 saturated carbocycles. The Kier molecular flexibility index (Phi) is 5.22. The van der Waals surface area contributed by atoms with E-state index in [1.165, 1.54) is 12.1 Å². The number of hydrogen-bond acceptors (Lipinski definition) is 4. The molecule has 2 aromatic rings. The Morgan fingerprint density at radius 3 is 2.00 bits per heavy atom. The molecule has 138 valence electrons. The van der Waals surface area contributed by atoms with Gasteiger partial charge in [-0.1, -0.05) is 18.2 Å². The van der Waals surface area contributed by atoms with Crippen molar-refractivity contribution in [1.29, 1.82) is 0 Å². The molecule has 0 spiro atoms. The van der Waals surface area contributed by atoms with Crippen molar-refractivity contribution in [3.8, 4) is 0 Å². The number of carbonyl (C=O) groups is 1. The smallest absolute Gasteiger partial charge is 0.341 e. The van der Waals surface area contributed by atoms with Gasteiger partial charge in [0.2, 0.25) is 9.84 Å². The number of anilines is 1. The Bertz CT molecular complexity index is 863. The number of sulfone groups is 1. The highest BCUT2D eigenvalue weighted by Gasteiger charge is 2.27. The lowest BCUT2D eigenvalue weighted by atomic mass is 10.1. The van der Waals surface area contributed by atoms with E-state index < -0.39 is 20.5 Å². The maximum Gasteiger partial charge on any atom is 0.341 e. The second-order valence-electron chi connectivity index (χ2n) is 5.94. The lowest BCUT2D eigenvalue weighted by Gasteiger charge is -2.36. The van der Waals surface area contributed by atoms with Crippen LogP contribution < -0.4 is 4.90 Å². The van der Waals surface area contributed by atoms with Gasteiger partial charge in [-0.15, -0.1) is 0 Å². The minimum atomic E-state index is -4.65. The molecule has 8 heteroatoms. The lowest BCUT2D eigenvalue weighted by Crippen LogP contribution is -2.48. The molecule has 2 aromatic carbocycles. The van der Waals surface area contributed by atoms with Gasteiger partial charge in [0.15, 0.2) is 0 Å². The normalized spacial score (nSPS) is 15.3. The van der Waals surface area contributed by atoms with Crippen LogP contribution in [-0.4, -0.2) is 51.2 Å². The molecule has 1 saturated heterocycles. The Hall–Kier alpha value is -2.48. The third kappa shape index (κ3) is 3.70. The summed E-state index contributed by atoms with van der Waals surface area (Å²) in [4.78, 5) is 15.9. The van der Waals surface area contributed by atoms with Crippen LogP contribution in [0.2, 0.25) is 0 Å². The van der Waals surface area contributed by atoms with Crippen LogP contribution in [0.1, 0.15) is 10.4 Å². The van der Waals surface area contributed by atoms with Crippen LogP contribution in [0.5, 0.6) is 0 Å². The number of benzene rings is 2. The van der Waals surface area contributed by atoms with Gasteiger partial charge < -0.3 is 9.80 Å². The van der Waals surface area contributed by atoms with E-state index in [-0.39, 0.29) is 11.5 Å². The van der Waals surface area contributed by atoms with E-state index in [0.29, 0.717) is 26.2 Å². The summed E-state index contributed by atoms with van der Waals surface area (Å²) < 4.78 is 48.0. The first-order valence-corrected chi connectivity index (χ1v) is 9.65. The Morgan fingerprint density at radius 2 is 1.46 bits per heavy atom. The zero-order valence-electron chi connectivity index (χ0n) is 13.9. The minimum absolute atomic E-state index is 0.237. The van der Waals surface area contributed by atoms with E-state index in [0.717, 1.165) is 17.8 Å². The maximum absolute atomic E-state index is 12.6. The average molecular weight is 380 g/mol. The van der Waals surface area contributed by atoms with Gasteiger partial charge in [0.1, 0.15) is 0 Å². The molecule has 0 aliphatic carbocycles. The number of carbonyl (C=O) groups excluding carboxylic acids is 1. The number of piperazine rings is 1.